The molecule has 0 radical (unpaired) electrons. The van der Waals surface area contributed by atoms with Crippen LogP contribution in [0.5, 0.6) is 0 Å². The molecule has 0 saturated carbocycles. The molecule has 3 aromatic carbocycles. The Labute approximate surface area is 201 Å². The van der Waals surface area contributed by atoms with Crippen LogP contribution in [0.4, 0.5) is 5.69 Å². The standard InChI is InChI=1S/C32H41N/c1-4-6-7-14-24-33(31-21-13-8-16-26(31)3)25-15-23-32(22-5-2)29-19-11-9-17-27(29)28-18-10-12-20-30(28)32/h8-13,16-21H,4-7,14-15,22-25H2,1-3H3. The molecule has 1 aliphatic rings. The molecule has 0 atom stereocenters. The van der Waals surface area contributed by atoms with E-state index in [2.05, 4.69) is 98.5 Å². The van der Waals surface area contributed by atoms with E-state index in [1.54, 1.807) is 11.1 Å². The molecule has 174 valence electrons. The van der Waals surface area contributed by atoms with Gasteiger partial charge in [-0.3, -0.25) is 0 Å². The maximum atomic E-state index is 2.66. The molecule has 0 unspecified atom stereocenters. The van der Waals surface area contributed by atoms with Gasteiger partial charge >= 0.3 is 0 Å². The SMILES string of the molecule is CCCCCCN(CCCC1(CCC)c2ccccc2-c2ccccc21)c1ccccc1C. The van der Waals surface area contributed by atoms with Crippen molar-refractivity contribution in [2.45, 2.75) is 77.6 Å². The number of rotatable bonds is 12. The first-order valence-corrected chi connectivity index (χ1v) is 13.2. The number of benzene rings is 3. The molecule has 0 heterocycles. The summed E-state index contributed by atoms with van der Waals surface area (Å²) in [5, 5.41) is 0. The molecule has 0 spiro atoms. The highest BCUT2D eigenvalue weighted by atomic mass is 15.1. The summed E-state index contributed by atoms with van der Waals surface area (Å²) in [6.45, 7) is 9.20. The molecular formula is C32H41N. The molecule has 0 fully saturated rings. The van der Waals surface area contributed by atoms with Crippen molar-refractivity contribution in [1.82, 2.24) is 0 Å². The number of hydrogen-bond donors (Lipinski definition) is 0. The molecule has 1 aliphatic carbocycles. The summed E-state index contributed by atoms with van der Waals surface area (Å²) in [7, 11) is 0. The molecule has 33 heavy (non-hydrogen) atoms. The average molecular weight is 440 g/mol. The topological polar surface area (TPSA) is 3.24 Å². The zero-order valence-electron chi connectivity index (χ0n) is 20.9. The van der Waals surface area contributed by atoms with Crippen molar-refractivity contribution in [2.24, 2.45) is 0 Å². The smallest absolute Gasteiger partial charge is 0.0395 e. The molecule has 0 aliphatic heterocycles. The van der Waals surface area contributed by atoms with Gasteiger partial charge in [0.05, 0.1) is 0 Å². The lowest BCUT2D eigenvalue weighted by atomic mass is 9.71. The van der Waals surface area contributed by atoms with Crippen molar-refractivity contribution in [3.63, 3.8) is 0 Å². The van der Waals surface area contributed by atoms with E-state index >= 15 is 0 Å². The number of para-hydroxylation sites is 1. The van der Waals surface area contributed by atoms with E-state index in [0.29, 0.717) is 0 Å². The molecule has 0 bridgehead atoms. The first kappa shape index (κ1) is 23.6. The first-order chi connectivity index (χ1) is 16.2. The van der Waals surface area contributed by atoms with Crippen LogP contribution in [0.25, 0.3) is 11.1 Å². The Morgan fingerprint density at radius 1 is 0.606 bits per heavy atom. The number of fused-ring (bicyclic) bond motifs is 3. The Kier molecular flexibility index (Phi) is 7.91. The third-order valence-corrected chi connectivity index (χ3v) is 7.62. The van der Waals surface area contributed by atoms with Gasteiger partial charge in [0.1, 0.15) is 0 Å². The fourth-order valence-corrected chi connectivity index (χ4v) is 6.08. The van der Waals surface area contributed by atoms with Gasteiger partial charge in [0, 0.05) is 24.2 Å². The van der Waals surface area contributed by atoms with Crippen LogP contribution in [0.1, 0.15) is 81.9 Å². The van der Waals surface area contributed by atoms with Gasteiger partial charge in [-0.05, 0) is 66.5 Å². The Hall–Kier alpha value is -2.54. The number of nitrogens with zero attached hydrogens (tertiary/aromatic N) is 1. The van der Waals surface area contributed by atoms with Crippen molar-refractivity contribution in [3.8, 4) is 11.1 Å². The lowest BCUT2D eigenvalue weighted by Crippen LogP contribution is -2.30. The van der Waals surface area contributed by atoms with Gasteiger partial charge in [0.15, 0.2) is 0 Å². The molecule has 1 heteroatoms. The predicted octanol–water partition coefficient (Wildman–Crippen LogP) is 8.93. The van der Waals surface area contributed by atoms with E-state index in [9.17, 15) is 0 Å². The zero-order valence-corrected chi connectivity index (χ0v) is 20.9. The summed E-state index contributed by atoms with van der Waals surface area (Å²) in [6.07, 6.45) is 10.1. The van der Waals surface area contributed by atoms with Gasteiger partial charge in [-0.1, -0.05) is 106 Å². The summed E-state index contributed by atoms with van der Waals surface area (Å²) in [4.78, 5) is 2.66. The predicted molar refractivity (Wildman–Crippen MR) is 144 cm³/mol. The fourth-order valence-electron chi connectivity index (χ4n) is 6.08. The molecule has 1 nitrogen and oxygen atoms in total. The first-order valence-electron chi connectivity index (χ1n) is 13.2. The zero-order chi connectivity index (χ0) is 23.1. The normalized spacial score (nSPS) is 13.5. The summed E-state index contributed by atoms with van der Waals surface area (Å²) in [5.74, 6) is 0. The summed E-state index contributed by atoms with van der Waals surface area (Å²) in [6, 6.07) is 27.3. The minimum absolute atomic E-state index is 0.154. The van der Waals surface area contributed by atoms with Crippen LogP contribution in [-0.4, -0.2) is 13.1 Å². The van der Waals surface area contributed by atoms with Crippen LogP contribution in [0, 0.1) is 6.92 Å². The summed E-state index contributed by atoms with van der Waals surface area (Å²) in [5.41, 5.74) is 8.99. The number of anilines is 1. The van der Waals surface area contributed by atoms with E-state index in [0.717, 1.165) is 6.54 Å². The quantitative estimate of drug-likeness (QED) is 0.255. The average Bonchev–Trinajstić information content (AvgIpc) is 3.12. The van der Waals surface area contributed by atoms with Gasteiger partial charge in [-0.15, -0.1) is 0 Å². The van der Waals surface area contributed by atoms with Crippen LogP contribution < -0.4 is 4.90 Å². The van der Waals surface area contributed by atoms with Crippen molar-refractivity contribution < 1.29 is 0 Å². The van der Waals surface area contributed by atoms with Crippen molar-refractivity contribution in [1.29, 1.82) is 0 Å². The van der Waals surface area contributed by atoms with Gasteiger partial charge in [-0.25, -0.2) is 0 Å². The monoisotopic (exact) mass is 439 g/mol. The van der Waals surface area contributed by atoms with E-state index in [-0.39, 0.29) is 5.41 Å². The lowest BCUT2D eigenvalue weighted by molar-refractivity contribution is 0.426. The van der Waals surface area contributed by atoms with Crippen LogP contribution in [0.2, 0.25) is 0 Å². The van der Waals surface area contributed by atoms with E-state index < -0.39 is 0 Å². The van der Waals surface area contributed by atoms with E-state index in [1.165, 1.54) is 80.3 Å². The van der Waals surface area contributed by atoms with Crippen LogP contribution >= 0.6 is 0 Å². The highest BCUT2D eigenvalue weighted by Crippen LogP contribution is 2.53. The molecule has 0 saturated heterocycles. The van der Waals surface area contributed by atoms with Crippen LogP contribution in [0.3, 0.4) is 0 Å². The minimum atomic E-state index is 0.154. The molecule has 0 N–H and O–H groups in total. The third-order valence-electron chi connectivity index (χ3n) is 7.62. The second-order valence-corrected chi connectivity index (χ2v) is 9.86. The molecule has 4 rings (SSSR count). The minimum Gasteiger partial charge on any atom is -0.371 e. The van der Waals surface area contributed by atoms with Crippen molar-refractivity contribution >= 4 is 5.69 Å². The molecule has 0 amide bonds. The van der Waals surface area contributed by atoms with Crippen molar-refractivity contribution in [3.05, 3.63) is 89.5 Å². The Balaban J connectivity index is 1.57. The molecule has 0 aromatic heterocycles. The second kappa shape index (κ2) is 11.1. The van der Waals surface area contributed by atoms with Gasteiger partial charge in [0.25, 0.3) is 0 Å². The fraction of sp³-hybridized carbons (Fsp3) is 0.438. The highest BCUT2D eigenvalue weighted by Gasteiger charge is 2.41. The number of hydrogen-bond acceptors (Lipinski definition) is 1. The number of aryl methyl sites for hydroxylation is 1. The number of unbranched alkanes of at least 4 members (excludes halogenated alkanes) is 3. The van der Waals surface area contributed by atoms with Crippen LogP contribution in [0.15, 0.2) is 72.8 Å². The van der Waals surface area contributed by atoms with E-state index in [4.69, 9.17) is 0 Å². The summed E-state index contributed by atoms with van der Waals surface area (Å²) < 4.78 is 0. The Morgan fingerprint density at radius 3 is 1.85 bits per heavy atom. The van der Waals surface area contributed by atoms with Gasteiger partial charge < -0.3 is 4.90 Å². The maximum absolute atomic E-state index is 2.66. The third kappa shape index (κ3) is 4.88. The maximum Gasteiger partial charge on any atom is 0.0395 e. The van der Waals surface area contributed by atoms with Crippen molar-refractivity contribution in [2.75, 3.05) is 18.0 Å². The largest absolute Gasteiger partial charge is 0.371 e. The molecule has 3 aromatic rings. The Morgan fingerprint density at radius 2 is 1.21 bits per heavy atom. The van der Waals surface area contributed by atoms with Crippen LogP contribution in [-0.2, 0) is 5.41 Å². The highest BCUT2D eigenvalue weighted by molar-refractivity contribution is 5.81. The second-order valence-electron chi connectivity index (χ2n) is 9.86. The Bertz CT molecular complexity index is 988. The summed E-state index contributed by atoms with van der Waals surface area (Å²) >= 11 is 0. The molecular weight excluding hydrogens is 398 g/mol. The van der Waals surface area contributed by atoms with Gasteiger partial charge in [0.2, 0.25) is 0 Å². The van der Waals surface area contributed by atoms with Gasteiger partial charge in [-0.2, -0.15) is 0 Å². The lowest BCUT2D eigenvalue weighted by Gasteiger charge is -2.34. The van der Waals surface area contributed by atoms with E-state index in [1.807, 2.05) is 0 Å².